The number of Topliss-reactive ketones (excluding diaryl/α,β-unsaturated/α-hetero) is 1. The summed E-state index contributed by atoms with van der Waals surface area (Å²) in [5.74, 6) is -0.482. The standard InChI is InChI=1S/C16H21NO4/c1-16(2)19-11-14(21-16)15-13(18)8-9-20-17(15)10-12-6-4-3-5-7-12/h3-7,14-15H,8-11H2,1-2H3/t14-,15-/m1/s1. The first kappa shape index (κ1) is 14.7. The van der Waals surface area contributed by atoms with Gasteiger partial charge in [-0.2, -0.15) is 5.06 Å². The minimum Gasteiger partial charge on any atom is -0.348 e. The minimum atomic E-state index is -0.638. The number of hydroxylamine groups is 2. The highest BCUT2D eigenvalue weighted by Crippen LogP contribution is 2.29. The van der Waals surface area contributed by atoms with Gasteiger partial charge in [-0.25, -0.2) is 0 Å². The van der Waals surface area contributed by atoms with Crippen molar-refractivity contribution in [1.82, 2.24) is 5.06 Å². The van der Waals surface area contributed by atoms with Gasteiger partial charge in [0.1, 0.15) is 12.1 Å². The summed E-state index contributed by atoms with van der Waals surface area (Å²) in [5, 5.41) is 1.75. The fourth-order valence-electron chi connectivity index (χ4n) is 2.82. The molecule has 0 amide bonds. The molecule has 2 saturated heterocycles. The van der Waals surface area contributed by atoms with E-state index in [2.05, 4.69) is 0 Å². The van der Waals surface area contributed by atoms with Crippen LogP contribution < -0.4 is 0 Å². The van der Waals surface area contributed by atoms with Gasteiger partial charge in [-0.3, -0.25) is 9.63 Å². The third-order valence-corrected chi connectivity index (χ3v) is 3.81. The first-order valence-corrected chi connectivity index (χ1v) is 7.33. The zero-order chi connectivity index (χ0) is 14.9. The van der Waals surface area contributed by atoms with Gasteiger partial charge in [-0.15, -0.1) is 0 Å². The van der Waals surface area contributed by atoms with Gasteiger partial charge in [0.05, 0.1) is 19.8 Å². The van der Waals surface area contributed by atoms with Gasteiger partial charge in [0, 0.05) is 6.42 Å². The SMILES string of the molecule is CC1(C)OC[C@H]([C@H]2C(=O)CCON2Cc2ccccc2)O1. The van der Waals surface area contributed by atoms with Crippen molar-refractivity contribution in [2.75, 3.05) is 13.2 Å². The average Bonchev–Trinajstić information content (AvgIpc) is 2.80. The zero-order valence-corrected chi connectivity index (χ0v) is 12.5. The Labute approximate surface area is 124 Å². The molecule has 0 spiro atoms. The number of rotatable bonds is 3. The number of carbonyl (C=O) groups excluding carboxylic acids is 1. The highest BCUT2D eigenvalue weighted by atomic mass is 16.7. The lowest BCUT2D eigenvalue weighted by molar-refractivity contribution is -0.235. The highest BCUT2D eigenvalue weighted by Gasteiger charge is 2.44. The molecule has 2 aliphatic heterocycles. The summed E-state index contributed by atoms with van der Waals surface area (Å²) >= 11 is 0. The van der Waals surface area contributed by atoms with Gasteiger partial charge < -0.3 is 9.47 Å². The maximum atomic E-state index is 12.3. The summed E-state index contributed by atoms with van der Waals surface area (Å²) in [6.07, 6.45) is 0.146. The molecule has 0 saturated carbocycles. The molecule has 114 valence electrons. The third kappa shape index (κ3) is 3.32. The summed E-state index contributed by atoms with van der Waals surface area (Å²) in [6.45, 7) is 5.14. The van der Waals surface area contributed by atoms with E-state index in [1.54, 1.807) is 5.06 Å². The zero-order valence-electron chi connectivity index (χ0n) is 12.5. The molecule has 1 aromatic carbocycles. The van der Waals surface area contributed by atoms with Gasteiger partial charge in [-0.1, -0.05) is 30.3 Å². The topological polar surface area (TPSA) is 48.0 Å². The van der Waals surface area contributed by atoms with E-state index in [-0.39, 0.29) is 11.9 Å². The minimum absolute atomic E-state index is 0.156. The summed E-state index contributed by atoms with van der Waals surface area (Å²) in [5.41, 5.74) is 1.11. The Bertz CT molecular complexity index is 502. The van der Waals surface area contributed by atoms with E-state index in [4.69, 9.17) is 14.3 Å². The Morgan fingerprint density at radius 2 is 2.05 bits per heavy atom. The van der Waals surface area contributed by atoms with E-state index in [0.717, 1.165) is 5.56 Å². The van der Waals surface area contributed by atoms with Gasteiger partial charge in [0.2, 0.25) is 0 Å². The highest BCUT2D eigenvalue weighted by molar-refractivity contribution is 5.85. The molecule has 2 fully saturated rings. The number of nitrogens with zero attached hydrogens (tertiary/aromatic N) is 1. The van der Waals surface area contributed by atoms with Crippen LogP contribution in [-0.4, -0.2) is 42.0 Å². The summed E-state index contributed by atoms with van der Waals surface area (Å²) in [7, 11) is 0. The predicted octanol–water partition coefficient (Wildman–Crippen LogP) is 1.91. The number of ether oxygens (including phenoxy) is 2. The van der Waals surface area contributed by atoms with Crippen LogP contribution in [0.4, 0.5) is 0 Å². The van der Waals surface area contributed by atoms with Gasteiger partial charge in [0.15, 0.2) is 11.6 Å². The van der Waals surface area contributed by atoms with Crippen molar-refractivity contribution in [2.45, 2.75) is 44.7 Å². The lowest BCUT2D eigenvalue weighted by Crippen LogP contribution is -2.53. The Morgan fingerprint density at radius 3 is 2.71 bits per heavy atom. The summed E-state index contributed by atoms with van der Waals surface area (Å²) in [4.78, 5) is 18.1. The predicted molar refractivity (Wildman–Crippen MR) is 76.3 cm³/mol. The molecule has 0 unspecified atom stereocenters. The van der Waals surface area contributed by atoms with Crippen LogP contribution in [-0.2, 0) is 25.7 Å². The summed E-state index contributed by atoms with van der Waals surface area (Å²) in [6, 6.07) is 9.58. The van der Waals surface area contributed by atoms with Crippen molar-refractivity contribution in [1.29, 1.82) is 0 Å². The number of hydrogen-bond acceptors (Lipinski definition) is 5. The molecule has 3 rings (SSSR count). The monoisotopic (exact) mass is 291 g/mol. The van der Waals surface area contributed by atoms with E-state index < -0.39 is 11.8 Å². The Morgan fingerprint density at radius 1 is 1.29 bits per heavy atom. The van der Waals surface area contributed by atoms with Crippen LogP contribution in [0.5, 0.6) is 0 Å². The van der Waals surface area contributed by atoms with Crippen molar-refractivity contribution < 1.29 is 19.1 Å². The molecular formula is C16H21NO4. The second-order valence-electron chi connectivity index (χ2n) is 5.92. The average molecular weight is 291 g/mol. The largest absolute Gasteiger partial charge is 0.348 e. The fraction of sp³-hybridized carbons (Fsp3) is 0.562. The molecule has 0 aliphatic carbocycles. The van der Waals surface area contributed by atoms with Crippen LogP contribution in [0.2, 0.25) is 0 Å². The van der Waals surface area contributed by atoms with Crippen LogP contribution in [0, 0.1) is 0 Å². The van der Waals surface area contributed by atoms with E-state index >= 15 is 0 Å². The van der Waals surface area contributed by atoms with Crippen LogP contribution in [0.15, 0.2) is 30.3 Å². The molecule has 2 aliphatic rings. The number of benzene rings is 1. The molecule has 5 nitrogen and oxygen atoms in total. The lowest BCUT2D eigenvalue weighted by atomic mass is 10.0. The summed E-state index contributed by atoms with van der Waals surface area (Å²) < 4.78 is 11.5. The molecular weight excluding hydrogens is 270 g/mol. The van der Waals surface area contributed by atoms with Crippen LogP contribution in [0.25, 0.3) is 0 Å². The van der Waals surface area contributed by atoms with Crippen molar-refractivity contribution in [3.63, 3.8) is 0 Å². The molecule has 1 aromatic rings. The van der Waals surface area contributed by atoms with E-state index in [0.29, 0.717) is 26.2 Å². The smallest absolute Gasteiger partial charge is 0.163 e. The van der Waals surface area contributed by atoms with Gasteiger partial charge >= 0.3 is 0 Å². The second-order valence-corrected chi connectivity index (χ2v) is 5.92. The lowest BCUT2D eigenvalue weighted by Gasteiger charge is -2.36. The second kappa shape index (κ2) is 5.85. The van der Waals surface area contributed by atoms with Crippen molar-refractivity contribution in [2.24, 2.45) is 0 Å². The molecule has 0 radical (unpaired) electrons. The van der Waals surface area contributed by atoms with Crippen molar-refractivity contribution in [3.8, 4) is 0 Å². The molecule has 0 aromatic heterocycles. The molecule has 0 bridgehead atoms. The Balaban J connectivity index is 1.76. The van der Waals surface area contributed by atoms with Gasteiger partial charge in [0.25, 0.3) is 0 Å². The van der Waals surface area contributed by atoms with Gasteiger partial charge in [-0.05, 0) is 19.4 Å². The van der Waals surface area contributed by atoms with Crippen LogP contribution >= 0.6 is 0 Å². The van der Waals surface area contributed by atoms with Crippen molar-refractivity contribution in [3.05, 3.63) is 35.9 Å². The maximum Gasteiger partial charge on any atom is 0.163 e. The maximum absolute atomic E-state index is 12.3. The van der Waals surface area contributed by atoms with E-state index in [9.17, 15) is 4.79 Å². The first-order chi connectivity index (χ1) is 10.1. The van der Waals surface area contributed by atoms with Crippen molar-refractivity contribution >= 4 is 5.78 Å². The van der Waals surface area contributed by atoms with E-state index in [1.807, 2.05) is 44.2 Å². The van der Waals surface area contributed by atoms with Crippen LogP contribution in [0.1, 0.15) is 25.8 Å². The number of carbonyl (C=O) groups is 1. The number of ketones is 1. The molecule has 21 heavy (non-hydrogen) atoms. The quantitative estimate of drug-likeness (QED) is 0.851. The molecule has 0 N–H and O–H groups in total. The fourth-order valence-corrected chi connectivity index (χ4v) is 2.82. The molecule has 5 heteroatoms. The Kier molecular flexibility index (Phi) is 4.08. The number of hydrogen-bond donors (Lipinski definition) is 0. The third-order valence-electron chi connectivity index (χ3n) is 3.81. The normalized spacial score (nSPS) is 29.7. The molecule has 2 atom stereocenters. The molecule has 2 heterocycles. The van der Waals surface area contributed by atoms with E-state index in [1.165, 1.54) is 0 Å². The Hall–Kier alpha value is -1.27. The van der Waals surface area contributed by atoms with Crippen LogP contribution in [0.3, 0.4) is 0 Å². The first-order valence-electron chi connectivity index (χ1n) is 7.33.